The Labute approximate surface area is 183 Å². The zero-order valence-corrected chi connectivity index (χ0v) is 18.5. The Bertz CT molecular complexity index is 787. The number of methoxy groups -OCH3 is 1. The molecule has 0 saturated carbocycles. The second-order valence-electron chi connectivity index (χ2n) is 7.28. The van der Waals surface area contributed by atoms with Crippen LogP contribution in [0.1, 0.15) is 25.7 Å². The van der Waals surface area contributed by atoms with E-state index in [1.807, 2.05) is 24.3 Å². The number of halogens is 1. The van der Waals surface area contributed by atoms with Crippen LogP contribution in [0.2, 0.25) is 5.02 Å². The second kappa shape index (κ2) is 11.9. The first-order valence-electron chi connectivity index (χ1n) is 10.5. The number of guanidine groups is 1. The van der Waals surface area contributed by atoms with E-state index in [-0.39, 0.29) is 0 Å². The largest absolute Gasteiger partial charge is 0.383 e. The summed E-state index contributed by atoms with van der Waals surface area (Å²) in [5.41, 5.74) is 0.879. The number of nitrogens with zero attached hydrogens (tertiary/aromatic N) is 4. The van der Waals surface area contributed by atoms with Gasteiger partial charge >= 0.3 is 0 Å². The maximum absolute atomic E-state index is 5.93. The predicted molar refractivity (Wildman–Crippen MR) is 119 cm³/mol. The van der Waals surface area contributed by atoms with Crippen LogP contribution in [-0.4, -0.2) is 73.5 Å². The van der Waals surface area contributed by atoms with Crippen molar-refractivity contribution in [1.82, 2.24) is 25.7 Å². The first-order chi connectivity index (χ1) is 14.7. The maximum atomic E-state index is 5.93. The van der Waals surface area contributed by atoms with E-state index in [2.05, 4.69) is 37.6 Å². The Morgan fingerprint density at radius 1 is 1.30 bits per heavy atom. The molecule has 0 radical (unpaired) electrons. The van der Waals surface area contributed by atoms with Crippen LogP contribution in [0.15, 0.2) is 33.8 Å². The Balaban J connectivity index is 1.47. The standard InChI is InChI=1S/C21H31ClN6O2/c1-3-23-21(25-18-9-12-28(13-10-18)14-15-29-2)24-11-8-19-26-20(27-30-19)16-4-6-17(22)7-5-16/h4-7,18H,3,8-15H2,1-2H3,(H2,23,24,25). The molecule has 1 aliphatic rings. The van der Waals surface area contributed by atoms with E-state index >= 15 is 0 Å². The number of rotatable bonds is 9. The third kappa shape index (κ3) is 6.97. The molecule has 0 aliphatic carbocycles. The molecular weight excluding hydrogens is 404 g/mol. The van der Waals surface area contributed by atoms with E-state index in [1.165, 1.54) is 0 Å². The number of hydrogen-bond acceptors (Lipinski definition) is 6. The van der Waals surface area contributed by atoms with E-state index in [1.54, 1.807) is 7.11 Å². The molecule has 8 nitrogen and oxygen atoms in total. The normalized spacial score (nSPS) is 16.0. The van der Waals surface area contributed by atoms with Crippen LogP contribution in [0.25, 0.3) is 11.4 Å². The summed E-state index contributed by atoms with van der Waals surface area (Å²) in [4.78, 5) is 11.6. The van der Waals surface area contributed by atoms with Crippen molar-refractivity contribution in [3.8, 4) is 11.4 Å². The van der Waals surface area contributed by atoms with Crippen LogP contribution >= 0.6 is 11.6 Å². The van der Waals surface area contributed by atoms with Gasteiger partial charge in [0.2, 0.25) is 11.7 Å². The minimum absolute atomic E-state index is 0.432. The minimum atomic E-state index is 0.432. The number of likely N-dealkylation sites (tertiary alicyclic amines) is 1. The van der Waals surface area contributed by atoms with Gasteiger partial charge in [0, 0.05) is 56.3 Å². The molecule has 3 rings (SSSR count). The van der Waals surface area contributed by atoms with Gasteiger partial charge in [-0.25, -0.2) is 0 Å². The van der Waals surface area contributed by atoms with Gasteiger partial charge in [0.1, 0.15) is 0 Å². The smallest absolute Gasteiger partial charge is 0.228 e. The summed E-state index contributed by atoms with van der Waals surface area (Å²) in [6.07, 6.45) is 2.79. The first kappa shape index (κ1) is 22.5. The molecule has 1 saturated heterocycles. The van der Waals surface area contributed by atoms with Crippen molar-refractivity contribution in [2.24, 2.45) is 4.99 Å². The molecule has 2 heterocycles. The molecule has 2 aromatic rings. The molecule has 2 N–H and O–H groups in total. The predicted octanol–water partition coefficient (Wildman–Crippen LogP) is 2.60. The quantitative estimate of drug-likeness (QED) is 0.463. The van der Waals surface area contributed by atoms with Gasteiger partial charge in [0.05, 0.1) is 13.2 Å². The van der Waals surface area contributed by atoms with Gasteiger partial charge in [-0.1, -0.05) is 16.8 Å². The summed E-state index contributed by atoms with van der Waals surface area (Å²) < 4.78 is 10.5. The van der Waals surface area contributed by atoms with Crippen LogP contribution in [0, 0.1) is 0 Å². The van der Waals surface area contributed by atoms with E-state index in [4.69, 9.17) is 20.9 Å². The third-order valence-corrected chi connectivity index (χ3v) is 5.30. The van der Waals surface area contributed by atoms with Gasteiger partial charge in [0.25, 0.3) is 0 Å². The summed E-state index contributed by atoms with van der Waals surface area (Å²) in [5.74, 6) is 1.98. The number of aliphatic imine (C=N–C) groups is 1. The summed E-state index contributed by atoms with van der Waals surface area (Å²) in [7, 11) is 1.75. The van der Waals surface area contributed by atoms with Crippen molar-refractivity contribution in [3.63, 3.8) is 0 Å². The number of hydrogen-bond donors (Lipinski definition) is 2. The molecule has 9 heteroatoms. The Morgan fingerprint density at radius 2 is 2.07 bits per heavy atom. The average molecular weight is 435 g/mol. The fraction of sp³-hybridized carbons (Fsp3) is 0.571. The lowest BCUT2D eigenvalue weighted by Crippen LogP contribution is -2.49. The van der Waals surface area contributed by atoms with Gasteiger partial charge < -0.3 is 24.8 Å². The number of ether oxygens (including phenoxy) is 1. The van der Waals surface area contributed by atoms with Crippen LogP contribution in [0.5, 0.6) is 0 Å². The summed E-state index contributed by atoms with van der Waals surface area (Å²) in [5, 5.41) is 11.6. The molecule has 1 aromatic carbocycles. The van der Waals surface area contributed by atoms with Crippen LogP contribution in [0.4, 0.5) is 0 Å². The van der Waals surface area contributed by atoms with Crippen molar-refractivity contribution < 1.29 is 9.26 Å². The summed E-state index contributed by atoms with van der Waals surface area (Å²) >= 11 is 5.93. The lowest BCUT2D eigenvalue weighted by molar-refractivity contribution is 0.128. The monoisotopic (exact) mass is 434 g/mol. The Kier molecular flexibility index (Phi) is 8.92. The van der Waals surface area contributed by atoms with E-state index < -0.39 is 0 Å². The molecule has 0 amide bonds. The highest BCUT2D eigenvalue weighted by molar-refractivity contribution is 6.30. The van der Waals surface area contributed by atoms with Crippen molar-refractivity contribution in [1.29, 1.82) is 0 Å². The van der Waals surface area contributed by atoms with Gasteiger partial charge in [0.15, 0.2) is 5.96 Å². The van der Waals surface area contributed by atoms with Gasteiger partial charge in [-0.05, 0) is 44.0 Å². The fourth-order valence-electron chi connectivity index (χ4n) is 3.37. The SMILES string of the molecule is CCNC(=NCCc1nc(-c2ccc(Cl)cc2)no1)NC1CCN(CCOC)CC1. The van der Waals surface area contributed by atoms with Gasteiger partial charge in [-0.3, -0.25) is 4.99 Å². The molecule has 0 bridgehead atoms. The van der Waals surface area contributed by atoms with E-state index in [0.29, 0.717) is 35.7 Å². The van der Waals surface area contributed by atoms with E-state index in [0.717, 1.165) is 57.2 Å². The highest BCUT2D eigenvalue weighted by atomic mass is 35.5. The second-order valence-corrected chi connectivity index (χ2v) is 7.72. The van der Waals surface area contributed by atoms with Crippen molar-refractivity contribution in [3.05, 3.63) is 35.2 Å². The van der Waals surface area contributed by atoms with Gasteiger partial charge in [-0.15, -0.1) is 0 Å². The molecule has 1 aromatic heterocycles. The average Bonchev–Trinajstić information content (AvgIpc) is 3.23. The Morgan fingerprint density at radius 3 is 2.77 bits per heavy atom. The molecule has 0 atom stereocenters. The summed E-state index contributed by atoms with van der Waals surface area (Å²) in [6, 6.07) is 7.81. The number of nitrogens with one attached hydrogen (secondary N) is 2. The van der Waals surface area contributed by atoms with Crippen molar-refractivity contribution in [2.75, 3.05) is 46.4 Å². The lowest BCUT2D eigenvalue weighted by atomic mass is 10.1. The number of piperidine rings is 1. The van der Waals surface area contributed by atoms with Crippen LogP contribution < -0.4 is 10.6 Å². The fourth-order valence-corrected chi connectivity index (χ4v) is 3.50. The van der Waals surface area contributed by atoms with Crippen LogP contribution in [0.3, 0.4) is 0 Å². The molecule has 1 aliphatic heterocycles. The Hall–Kier alpha value is -2.16. The molecule has 30 heavy (non-hydrogen) atoms. The summed E-state index contributed by atoms with van der Waals surface area (Å²) in [6.45, 7) is 7.41. The topological polar surface area (TPSA) is 87.8 Å². The number of aromatic nitrogens is 2. The molecule has 0 unspecified atom stereocenters. The molecule has 0 spiro atoms. The molecule has 1 fully saturated rings. The van der Waals surface area contributed by atoms with Gasteiger partial charge in [-0.2, -0.15) is 4.98 Å². The molecular formula is C21H31ClN6O2. The third-order valence-electron chi connectivity index (χ3n) is 5.05. The zero-order valence-electron chi connectivity index (χ0n) is 17.7. The van der Waals surface area contributed by atoms with Crippen LogP contribution in [-0.2, 0) is 11.2 Å². The number of benzene rings is 1. The maximum Gasteiger partial charge on any atom is 0.228 e. The van der Waals surface area contributed by atoms with E-state index in [9.17, 15) is 0 Å². The minimum Gasteiger partial charge on any atom is -0.383 e. The van der Waals surface area contributed by atoms with Crippen molar-refractivity contribution in [2.45, 2.75) is 32.2 Å². The lowest BCUT2D eigenvalue weighted by Gasteiger charge is -2.32. The zero-order chi connectivity index (χ0) is 21.2. The highest BCUT2D eigenvalue weighted by Gasteiger charge is 2.19. The first-order valence-corrected chi connectivity index (χ1v) is 10.9. The molecule has 164 valence electrons. The highest BCUT2D eigenvalue weighted by Crippen LogP contribution is 2.18. The van der Waals surface area contributed by atoms with Crippen molar-refractivity contribution >= 4 is 17.6 Å².